The van der Waals surface area contributed by atoms with Gasteiger partial charge in [0.1, 0.15) is 6.54 Å². The summed E-state index contributed by atoms with van der Waals surface area (Å²) in [4.78, 5) is 0. The molecular formula is C24H44NO3S+. The van der Waals surface area contributed by atoms with Crippen LogP contribution in [0.1, 0.15) is 88.7 Å². The third-order valence-corrected chi connectivity index (χ3v) is 6.49. The second-order valence-electron chi connectivity index (χ2n) is 9.16. The normalized spacial score (nSPS) is 12.4. The van der Waals surface area contributed by atoms with Crippen LogP contribution in [0.2, 0.25) is 0 Å². The zero-order valence-corrected chi connectivity index (χ0v) is 19.9. The van der Waals surface area contributed by atoms with Gasteiger partial charge in [0.05, 0.1) is 26.4 Å². The Morgan fingerprint density at radius 1 is 0.793 bits per heavy atom. The predicted molar refractivity (Wildman–Crippen MR) is 124 cm³/mol. The Bertz CT molecular complexity index is 656. The average Bonchev–Trinajstić information content (AvgIpc) is 2.63. The fraction of sp³-hybridized carbons (Fsp3) is 0.750. The predicted octanol–water partition coefficient (Wildman–Crippen LogP) is 6.00. The van der Waals surface area contributed by atoms with E-state index in [1.54, 1.807) is 0 Å². The van der Waals surface area contributed by atoms with Crippen molar-refractivity contribution in [2.75, 3.05) is 26.4 Å². The van der Waals surface area contributed by atoms with E-state index in [0.717, 1.165) is 24.0 Å². The van der Waals surface area contributed by atoms with Gasteiger partial charge >= 0.3 is 0 Å². The van der Waals surface area contributed by atoms with Gasteiger partial charge in [-0.2, -0.15) is 8.42 Å². The third kappa shape index (κ3) is 13.8. The van der Waals surface area contributed by atoms with E-state index >= 15 is 0 Å². The summed E-state index contributed by atoms with van der Waals surface area (Å²) in [5.41, 5.74) is 2.79. The number of unbranched alkanes of at least 4 members (excludes halogenated alkanes) is 9. The van der Waals surface area contributed by atoms with Crippen molar-refractivity contribution in [2.24, 2.45) is 0 Å². The van der Waals surface area contributed by atoms with Crippen LogP contribution in [0.15, 0.2) is 24.3 Å². The molecule has 0 unspecified atom stereocenters. The number of hydrogen-bond donors (Lipinski definition) is 1. The molecule has 0 aliphatic rings. The van der Waals surface area contributed by atoms with Crippen LogP contribution < -0.4 is 0 Å². The molecule has 0 amide bonds. The van der Waals surface area contributed by atoms with Gasteiger partial charge in [-0.05, 0) is 18.4 Å². The van der Waals surface area contributed by atoms with Crippen molar-refractivity contribution in [1.82, 2.24) is 0 Å². The van der Waals surface area contributed by atoms with Crippen molar-refractivity contribution >= 4 is 10.1 Å². The second-order valence-corrected chi connectivity index (χ2v) is 10.7. The molecule has 1 aromatic carbocycles. The number of quaternary nitrogens is 1. The second kappa shape index (κ2) is 14.2. The molecule has 0 heterocycles. The fourth-order valence-corrected chi connectivity index (χ4v) is 4.47. The monoisotopic (exact) mass is 426 g/mol. The van der Waals surface area contributed by atoms with Gasteiger partial charge < -0.3 is 4.48 Å². The highest BCUT2D eigenvalue weighted by Crippen LogP contribution is 2.18. The smallest absolute Gasteiger partial charge is 0.265 e. The summed E-state index contributed by atoms with van der Waals surface area (Å²) in [5.74, 6) is -0.158. The van der Waals surface area contributed by atoms with Gasteiger partial charge in [0.2, 0.25) is 0 Å². The Balaban J connectivity index is 2.32. The molecule has 5 heteroatoms. The summed E-state index contributed by atoms with van der Waals surface area (Å²) in [6, 6.07) is 8.65. The highest BCUT2D eigenvalue weighted by molar-refractivity contribution is 7.85. The summed E-state index contributed by atoms with van der Waals surface area (Å²) < 4.78 is 31.6. The average molecular weight is 427 g/mol. The minimum absolute atomic E-state index is 0.158. The molecule has 4 nitrogen and oxygen atoms in total. The molecule has 0 saturated heterocycles. The largest absolute Gasteiger partial charge is 0.325 e. The molecule has 1 aromatic rings. The first-order chi connectivity index (χ1) is 13.7. The molecular weight excluding hydrogens is 382 g/mol. The topological polar surface area (TPSA) is 54.4 Å². The van der Waals surface area contributed by atoms with Gasteiger partial charge in [-0.25, -0.2) is 0 Å². The molecule has 0 fully saturated rings. The van der Waals surface area contributed by atoms with Gasteiger partial charge in [0, 0.05) is 12.0 Å². The zero-order valence-electron chi connectivity index (χ0n) is 19.0. The molecule has 29 heavy (non-hydrogen) atoms. The number of benzene rings is 1. The van der Waals surface area contributed by atoms with Crippen molar-refractivity contribution in [3.63, 3.8) is 0 Å². The van der Waals surface area contributed by atoms with E-state index in [2.05, 4.69) is 45.3 Å². The maximum absolute atomic E-state index is 10.9. The standard InChI is InChI=1S/C24H43NO3S/c1-4-5-6-7-8-9-10-11-12-13-17-23-18-14-15-19-24(23)22-25(2,3)20-16-21-29(26,27)28/h14-15,18-19H,4-13,16-17,20-22H2,1-3H3/p+1. The van der Waals surface area contributed by atoms with Crippen LogP contribution in [0.3, 0.4) is 0 Å². The van der Waals surface area contributed by atoms with Crippen molar-refractivity contribution < 1.29 is 17.5 Å². The zero-order chi connectivity index (χ0) is 21.6. The minimum atomic E-state index is -3.87. The van der Waals surface area contributed by atoms with Gasteiger partial charge in [-0.3, -0.25) is 4.55 Å². The Morgan fingerprint density at radius 2 is 1.31 bits per heavy atom. The third-order valence-electron chi connectivity index (χ3n) is 5.68. The van der Waals surface area contributed by atoms with Crippen molar-refractivity contribution in [2.45, 2.75) is 90.5 Å². The Morgan fingerprint density at radius 3 is 1.86 bits per heavy atom. The first-order valence-electron chi connectivity index (χ1n) is 11.6. The van der Waals surface area contributed by atoms with Gasteiger partial charge in [0.15, 0.2) is 0 Å². The lowest BCUT2D eigenvalue weighted by Crippen LogP contribution is -2.40. The molecule has 0 radical (unpaired) electrons. The quantitative estimate of drug-likeness (QED) is 0.189. The lowest BCUT2D eigenvalue weighted by Gasteiger charge is -2.30. The summed E-state index contributed by atoms with van der Waals surface area (Å²) in [6.07, 6.45) is 15.1. The van der Waals surface area contributed by atoms with Crippen LogP contribution in [-0.4, -0.2) is 43.8 Å². The molecule has 1 N–H and O–H groups in total. The van der Waals surface area contributed by atoms with Crippen LogP contribution >= 0.6 is 0 Å². The van der Waals surface area contributed by atoms with Gasteiger partial charge in [-0.15, -0.1) is 0 Å². The Hall–Kier alpha value is -0.910. The Kier molecular flexibility index (Phi) is 12.8. The maximum Gasteiger partial charge on any atom is 0.265 e. The Labute approximate surface area is 180 Å². The van der Waals surface area contributed by atoms with E-state index in [1.807, 2.05) is 0 Å². The SMILES string of the molecule is CCCCCCCCCCCCc1ccccc1C[N+](C)(C)CCCS(=O)(=O)O. The molecule has 1 rings (SSSR count). The van der Waals surface area contributed by atoms with Crippen LogP contribution in [0, 0.1) is 0 Å². The van der Waals surface area contributed by atoms with Crippen molar-refractivity contribution in [1.29, 1.82) is 0 Å². The minimum Gasteiger partial charge on any atom is -0.325 e. The summed E-state index contributed by atoms with van der Waals surface area (Å²) in [7, 11) is 0.387. The molecule has 0 saturated carbocycles. The van der Waals surface area contributed by atoms with E-state index in [9.17, 15) is 8.42 Å². The van der Waals surface area contributed by atoms with E-state index in [1.165, 1.54) is 75.3 Å². The van der Waals surface area contributed by atoms with E-state index in [0.29, 0.717) is 6.42 Å². The molecule has 0 spiro atoms. The van der Waals surface area contributed by atoms with Crippen LogP contribution in [0.25, 0.3) is 0 Å². The number of hydrogen-bond acceptors (Lipinski definition) is 2. The van der Waals surface area contributed by atoms with Crippen LogP contribution in [0.4, 0.5) is 0 Å². The highest BCUT2D eigenvalue weighted by atomic mass is 32.2. The number of aryl methyl sites for hydroxylation is 1. The van der Waals surface area contributed by atoms with Gasteiger partial charge in [0.25, 0.3) is 10.1 Å². The lowest BCUT2D eigenvalue weighted by molar-refractivity contribution is -0.903. The van der Waals surface area contributed by atoms with E-state index in [4.69, 9.17) is 4.55 Å². The van der Waals surface area contributed by atoms with Crippen LogP contribution in [0.5, 0.6) is 0 Å². The summed E-state index contributed by atoms with van der Waals surface area (Å²) in [5, 5.41) is 0. The first-order valence-corrected chi connectivity index (χ1v) is 13.2. The molecule has 0 aromatic heterocycles. The fourth-order valence-electron chi connectivity index (χ4n) is 3.97. The molecule has 0 atom stereocenters. The summed E-state index contributed by atoms with van der Waals surface area (Å²) >= 11 is 0. The number of nitrogens with zero attached hydrogens (tertiary/aromatic N) is 1. The maximum atomic E-state index is 10.9. The van der Waals surface area contributed by atoms with Crippen LogP contribution in [-0.2, 0) is 23.1 Å². The van der Waals surface area contributed by atoms with Crippen molar-refractivity contribution in [3.8, 4) is 0 Å². The first kappa shape index (κ1) is 26.1. The summed E-state index contributed by atoms with van der Waals surface area (Å²) in [6.45, 7) is 3.88. The lowest BCUT2D eigenvalue weighted by atomic mass is 9.99. The molecule has 0 bridgehead atoms. The van der Waals surface area contributed by atoms with Crippen molar-refractivity contribution in [3.05, 3.63) is 35.4 Å². The van der Waals surface area contributed by atoms with E-state index in [-0.39, 0.29) is 5.75 Å². The molecule has 168 valence electrons. The molecule has 0 aliphatic carbocycles. The van der Waals surface area contributed by atoms with E-state index < -0.39 is 10.1 Å². The van der Waals surface area contributed by atoms with Gasteiger partial charge in [-0.1, -0.05) is 89.0 Å². The highest BCUT2D eigenvalue weighted by Gasteiger charge is 2.19. The molecule has 0 aliphatic heterocycles. The number of rotatable bonds is 17.